The highest BCUT2D eigenvalue weighted by Gasteiger charge is 2.29. The van der Waals surface area contributed by atoms with Gasteiger partial charge in [-0.1, -0.05) is 18.2 Å². The summed E-state index contributed by atoms with van der Waals surface area (Å²) in [6.07, 6.45) is -1.83. The average Bonchev–Trinajstić information content (AvgIpc) is 2.63. The summed E-state index contributed by atoms with van der Waals surface area (Å²) in [7, 11) is 1.33. The van der Waals surface area contributed by atoms with Crippen LogP contribution in [0, 0.1) is 0 Å². The summed E-state index contributed by atoms with van der Waals surface area (Å²) in [5, 5.41) is 10.4. The van der Waals surface area contributed by atoms with Crippen LogP contribution in [0.2, 0.25) is 0 Å². The van der Waals surface area contributed by atoms with E-state index in [0.717, 1.165) is 12.1 Å². The number of carbonyl (C=O) groups excluding carboxylic acids is 2. The highest BCUT2D eigenvalue weighted by atomic mass is 19.4. The molecule has 0 bridgehead atoms. The number of ketones is 1. The van der Waals surface area contributed by atoms with E-state index in [1.54, 1.807) is 0 Å². The highest BCUT2D eigenvalue weighted by molar-refractivity contribution is 6.07. The van der Waals surface area contributed by atoms with Crippen LogP contribution in [0.1, 0.15) is 21.5 Å². The van der Waals surface area contributed by atoms with Gasteiger partial charge in [0, 0.05) is 5.56 Å². The van der Waals surface area contributed by atoms with Crippen LogP contribution in [0.5, 0.6) is 11.5 Å². The Bertz CT molecular complexity index is 855. The number of ether oxygens (including phenoxy) is 2. The lowest BCUT2D eigenvalue weighted by Crippen LogP contribution is -2.29. The molecule has 0 aliphatic rings. The molecule has 2 rings (SSSR count). The molecule has 0 radical (unpaired) electrons. The second-order valence-corrected chi connectivity index (χ2v) is 5.34. The van der Waals surface area contributed by atoms with E-state index in [-0.39, 0.29) is 17.1 Å². The Balaban J connectivity index is 2.13. The number of hydrogen-bond acceptors (Lipinski definition) is 5. The summed E-state index contributed by atoms with van der Waals surface area (Å²) in [5.41, 5.74) is -0.115. The monoisotopic (exact) mass is 379 g/mol. The molecule has 0 aromatic heterocycles. The fraction of sp³-hybridized carbons (Fsp3) is 0.158. The van der Waals surface area contributed by atoms with Crippen LogP contribution in [0.15, 0.2) is 48.5 Å². The molecule has 0 unspecified atom stereocenters. The Kier molecular flexibility index (Phi) is 6.23. The van der Waals surface area contributed by atoms with Crippen LogP contribution in [-0.4, -0.2) is 25.5 Å². The molecule has 2 aromatic rings. The number of alkyl halides is 3. The number of halogens is 3. The first kappa shape index (κ1) is 20.0. The minimum Gasteiger partial charge on any atom is -0.546 e. The van der Waals surface area contributed by atoms with Crippen LogP contribution in [0.4, 0.5) is 13.2 Å². The van der Waals surface area contributed by atoms with Gasteiger partial charge in [0.15, 0.2) is 17.3 Å². The molecular weight excluding hydrogens is 365 g/mol. The predicted octanol–water partition coefficient (Wildman–Crippen LogP) is 2.74. The molecule has 142 valence electrons. The van der Waals surface area contributed by atoms with Gasteiger partial charge in [-0.2, -0.15) is 13.2 Å². The van der Waals surface area contributed by atoms with Crippen LogP contribution in [0.3, 0.4) is 0 Å². The molecule has 0 saturated carbocycles. The second kappa shape index (κ2) is 8.39. The number of carboxylic acid groups (broad SMARTS) is 1. The predicted molar refractivity (Wildman–Crippen MR) is 88.3 cm³/mol. The third-order valence-electron chi connectivity index (χ3n) is 3.46. The van der Waals surface area contributed by atoms with E-state index in [1.807, 2.05) is 0 Å². The number of aliphatic carboxylic acids is 1. The van der Waals surface area contributed by atoms with Gasteiger partial charge >= 0.3 is 6.18 Å². The Morgan fingerprint density at radius 2 is 1.74 bits per heavy atom. The summed E-state index contributed by atoms with van der Waals surface area (Å²) >= 11 is 0. The van der Waals surface area contributed by atoms with E-state index in [1.165, 1.54) is 49.6 Å². The lowest BCUT2D eigenvalue weighted by Gasteiger charge is -2.11. The number of carboxylic acids is 1. The first-order chi connectivity index (χ1) is 12.7. The molecule has 0 amide bonds. The fourth-order valence-electron chi connectivity index (χ4n) is 2.13. The molecule has 0 fully saturated rings. The van der Waals surface area contributed by atoms with Crippen molar-refractivity contribution in [1.29, 1.82) is 0 Å². The van der Waals surface area contributed by atoms with Gasteiger partial charge in [0.2, 0.25) is 0 Å². The van der Waals surface area contributed by atoms with Gasteiger partial charge in [-0.05, 0) is 42.0 Å². The molecule has 2 aromatic carbocycles. The molecule has 5 nitrogen and oxygen atoms in total. The number of methoxy groups -OCH3 is 1. The molecule has 0 aliphatic heterocycles. The molecule has 0 N–H and O–H groups in total. The smallest absolute Gasteiger partial charge is 0.416 e. The first-order valence-corrected chi connectivity index (χ1v) is 7.61. The minimum atomic E-state index is -4.42. The number of hydrogen-bond donors (Lipinski definition) is 0. The van der Waals surface area contributed by atoms with E-state index in [9.17, 15) is 27.9 Å². The molecular formula is C19H14F3O5-. The summed E-state index contributed by atoms with van der Waals surface area (Å²) in [6, 6.07) is 8.51. The van der Waals surface area contributed by atoms with Crippen molar-refractivity contribution < 1.29 is 37.3 Å². The normalized spacial score (nSPS) is 11.4. The van der Waals surface area contributed by atoms with E-state index in [0.29, 0.717) is 5.56 Å². The van der Waals surface area contributed by atoms with Gasteiger partial charge in [0.25, 0.3) is 0 Å². The van der Waals surface area contributed by atoms with Crippen molar-refractivity contribution >= 4 is 17.8 Å². The lowest BCUT2D eigenvalue weighted by atomic mass is 10.1. The second-order valence-electron chi connectivity index (χ2n) is 5.34. The van der Waals surface area contributed by atoms with E-state index < -0.39 is 30.1 Å². The van der Waals surface area contributed by atoms with Crippen molar-refractivity contribution in [2.75, 3.05) is 13.7 Å². The summed E-state index contributed by atoms with van der Waals surface area (Å²) in [5.74, 6) is -1.54. The van der Waals surface area contributed by atoms with Gasteiger partial charge in [0.05, 0.1) is 18.6 Å². The van der Waals surface area contributed by atoms with Crippen molar-refractivity contribution in [3.8, 4) is 11.5 Å². The number of rotatable bonds is 7. The number of carbonyl (C=O) groups is 2. The zero-order valence-electron chi connectivity index (χ0n) is 14.1. The SMILES string of the molecule is COc1cc(C(=O)/C=C/c2ccc(C(F)(F)F)cc2)ccc1OCC(=O)[O-]. The van der Waals surface area contributed by atoms with Crippen molar-refractivity contribution in [2.45, 2.75) is 6.18 Å². The molecule has 0 spiro atoms. The van der Waals surface area contributed by atoms with Crippen molar-refractivity contribution in [2.24, 2.45) is 0 Å². The van der Waals surface area contributed by atoms with E-state index in [4.69, 9.17) is 9.47 Å². The van der Waals surface area contributed by atoms with Gasteiger partial charge < -0.3 is 19.4 Å². The van der Waals surface area contributed by atoms with Crippen LogP contribution < -0.4 is 14.6 Å². The van der Waals surface area contributed by atoms with Gasteiger partial charge in [-0.15, -0.1) is 0 Å². The third kappa shape index (κ3) is 5.60. The minimum absolute atomic E-state index is 0.130. The maximum Gasteiger partial charge on any atom is 0.416 e. The summed E-state index contributed by atoms with van der Waals surface area (Å²) in [4.78, 5) is 22.7. The van der Waals surface area contributed by atoms with Crippen molar-refractivity contribution in [1.82, 2.24) is 0 Å². The molecule has 27 heavy (non-hydrogen) atoms. The Morgan fingerprint density at radius 1 is 1.07 bits per heavy atom. The zero-order chi connectivity index (χ0) is 20.0. The third-order valence-corrected chi connectivity index (χ3v) is 3.46. The fourth-order valence-corrected chi connectivity index (χ4v) is 2.13. The summed E-state index contributed by atoms with van der Waals surface area (Å²) in [6.45, 7) is -0.669. The van der Waals surface area contributed by atoms with Crippen LogP contribution >= 0.6 is 0 Å². The molecule has 0 aliphatic carbocycles. The number of allylic oxidation sites excluding steroid dienone is 1. The molecule has 8 heteroatoms. The Labute approximate surface area is 152 Å². The van der Waals surface area contributed by atoms with Crippen molar-refractivity contribution in [3.05, 3.63) is 65.2 Å². The quantitative estimate of drug-likeness (QED) is 0.546. The van der Waals surface area contributed by atoms with Gasteiger partial charge in [0.1, 0.15) is 6.61 Å². The largest absolute Gasteiger partial charge is 0.546 e. The molecule has 0 atom stereocenters. The standard InChI is InChI=1S/C19H15F3O5/c1-26-17-10-13(5-9-16(17)27-11-18(24)25)15(23)8-4-12-2-6-14(7-3-12)19(20,21)22/h2-10H,11H2,1H3,(H,24,25)/p-1/b8-4+. The van der Waals surface area contributed by atoms with Crippen molar-refractivity contribution in [3.63, 3.8) is 0 Å². The Hall–Kier alpha value is -3.29. The van der Waals surface area contributed by atoms with Crippen LogP contribution in [-0.2, 0) is 11.0 Å². The van der Waals surface area contributed by atoms with Gasteiger partial charge in [-0.25, -0.2) is 0 Å². The maximum absolute atomic E-state index is 12.5. The Morgan fingerprint density at radius 3 is 2.30 bits per heavy atom. The maximum atomic E-state index is 12.5. The topological polar surface area (TPSA) is 75.7 Å². The summed E-state index contributed by atoms with van der Waals surface area (Å²) < 4.78 is 47.6. The molecule has 0 heterocycles. The zero-order valence-corrected chi connectivity index (χ0v) is 14.1. The molecule has 0 saturated heterocycles. The lowest BCUT2D eigenvalue weighted by molar-refractivity contribution is -0.307. The van der Waals surface area contributed by atoms with E-state index >= 15 is 0 Å². The van der Waals surface area contributed by atoms with Gasteiger partial charge in [-0.3, -0.25) is 4.79 Å². The first-order valence-electron chi connectivity index (χ1n) is 7.61. The average molecular weight is 379 g/mol. The highest BCUT2D eigenvalue weighted by Crippen LogP contribution is 2.30. The van der Waals surface area contributed by atoms with E-state index in [2.05, 4.69) is 0 Å². The number of benzene rings is 2. The van der Waals surface area contributed by atoms with Crippen LogP contribution in [0.25, 0.3) is 6.08 Å².